The van der Waals surface area contributed by atoms with E-state index in [-0.39, 0.29) is 17.4 Å². The third kappa shape index (κ3) is 3.06. The van der Waals surface area contributed by atoms with Crippen LogP contribution in [0.25, 0.3) is 0 Å². The Hall–Kier alpha value is -2.90. The predicted octanol–water partition coefficient (Wildman–Crippen LogP) is -0.171. The third-order valence-corrected chi connectivity index (χ3v) is 2.39. The van der Waals surface area contributed by atoms with Crippen molar-refractivity contribution >= 4 is 11.7 Å². The van der Waals surface area contributed by atoms with E-state index in [2.05, 4.69) is 25.4 Å². The van der Waals surface area contributed by atoms with Crippen molar-refractivity contribution in [3.8, 4) is 0 Å². The first-order chi connectivity index (χ1) is 9.20. The summed E-state index contributed by atoms with van der Waals surface area (Å²) in [6, 6.07) is 3.04. The molecule has 8 heteroatoms. The number of carbonyl (C=O) groups is 1. The predicted molar refractivity (Wildman–Crippen MR) is 66.5 cm³/mol. The van der Waals surface area contributed by atoms with E-state index < -0.39 is 0 Å². The molecule has 0 fully saturated rings. The fraction of sp³-hybridized carbons (Fsp3) is 0.0909. The monoisotopic (exact) mass is 260 g/mol. The number of rotatable bonds is 4. The molecule has 1 amide bonds. The molecule has 0 spiro atoms. The second-order valence-electron chi connectivity index (χ2n) is 3.68. The van der Waals surface area contributed by atoms with Gasteiger partial charge in [-0.2, -0.15) is 0 Å². The fourth-order valence-electron chi connectivity index (χ4n) is 1.38. The highest BCUT2D eigenvalue weighted by Gasteiger charge is 2.08. The van der Waals surface area contributed by atoms with E-state index in [1.165, 1.54) is 18.6 Å². The smallest absolute Gasteiger partial charge is 0.270 e. The average molecular weight is 260 g/mol. The largest absolute Gasteiger partial charge is 0.409 e. The molecule has 5 N–H and O–H groups in total. The van der Waals surface area contributed by atoms with Crippen molar-refractivity contribution in [2.24, 2.45) is 10.9 Å². The standard InChI is InChI=1S/C11H12N6O2/c12-10(17-19)7-1-2-9(14-3-7)11(18)15-5-8-4-13-6-16-8/h1-4,6,19H,5H2,(H2,12,17)(H,13,16)(H,15,18). The molecule has 0 bridgehead atoms. The van der Waals surface area contributed by atoms with Crippen LogP contribution < -0.4 is 11.1 Å². The summed E-state index contributed by atoms with van der Waals surface area (Å²) in [4.78, 5) is 22.4. The van der Waals surface area contributed by atoms with E-state index in [9.17, 15) is 4.79 Å². The summed E-state index contributed by atoms with van der Waals surface area (Å²) >= 11 is 0. The van der Waals surface area contributed by atoms with Crippen LogP contribution in [0.2, 0.25) is 0 Å². The number of imidazole rings is 1. The maximum atomic E-state index is 11.8. The van der Waals surface area contributed by atoms with Gasteiger partial charge >= 0.3 is 0 Å². The van der Waals surface area contributed by atoms with Crippen LogP contribution >= 0.6 is 0 Å². The molecular weight excluding hydrogens is 248 g/mol. The molecule has 0 unspecified atom stereocenters. The Kier molecular flexibility index (Phi) is 3.72. The summed E-state index contributed by atoms with van der Waals surface area (Å²) in [5.41, 5.74) is 6.87. The summed E-state index contributed by atoms with van der Waals surface area (Å²) in [6.45, 7) is 0.336. The van der Waals surface area contributed by atoms with Crippen LogP contribution in [0.5, 0.6) is 0 Å². The van der Waals surface area contributed by atoms with E-state index in [0.29, 0.717) is 12.1 Å². The van der Waals surface area contributed by atoms with Gasteiger partial charge in [-0.3, -0.25) is 9.78 Å². The van der Waals surface area contributed by atoms with Gasteiger partial charge in [-0.1, -0.05) is 5.16 Å². The van der Waals surface area contributed by atoms with Gasteiger partial charge in [0.2, 0.25) is 0 Å². The van der Waals surface area contributed by atoms with Gasteiger partial charge in [0.1, 0.15) is 5.69 Å². The van der Waals surface area contributed by atoms with Crippen LogP contribution in [-0.2, 0) is 6.54 Å². The molecule has 2 aromatic rings. The molecule has 2 rings (SSSR count). The van der Waals surface area contributed by atoms with Gasteiger partial charge < -0.3 is 21.2 Å². The normalized spacial score (nSPS) is 11.3. The van der Waals surface area contributed by atoms with Crippen LogP contribution in [0.1, 0.15) is 21.7 Å². The molecule has 0 atom stereocenters. The zero-order chi connectivity index (χ0) is 13.7. The van der Waals surface area contributed by atoms with Crippen molar-refractivity contribution in [1.82, 2.24) is 20.3 Å². The minimum absolute atomic E-state index is 0.0584. The summed E-state index contributed by atoms with van der Waals surface area (Å²) in [7, 11) is 0. The van der Waals surface area contributed by atoms with Gasteiger partial charge in [0.25, 0.3) is 5.91 Å². The Morgan fingerprint density at radius 2 is 2.32 bits per heavy atom. The van der Waals surface area contributed by atoms with Crippen LogP contribution in [0.3, 0.4) is 0 Å². The van der Waals surface area contributed by atoms with Crippen molar-refractivity contribution in [2.75, 3.05) is 0 Å². The average Bonchev–Trinajstić information content (AvgIpc) is 2.97. The van der Waals surface area contributed by atoms with Gasteiger partial charge in [-0.05, 0) is 12.1 Å². The molecule has 0 aliphatic heterocycles. The van der Waals surface area contributed by atoms with Crippen molar-refractivity contribution in [3.63, 3.8) is 0 Å². The van der Waals surface area contributed by atoms with Crippen LogP contribution in [0.4, 0.5) is 0 Å². The molecule has 2 aromatic heterocycles. The summed E-state index contributed by atoms with van der Waals surface area (Å²) in [5, 5.41) is 14.0. The van der Waals surface area contributed by atoms with Crippen molar-refractivity contribution < 1.29 is 10.0 Å². The molecule has 0 saturated heterocycles. The lowest BCUT2D eigenvalue weighted by atomic mass is 10.2. The summed E-state index contributed by atoms with van der Waals surface area (Å²) in [5.74, 6) is -0.377. The number of amides is 1. The molecule has 8 nitrogen and oxygen atoms in total. The second-order valence-corrected chi connectivity index (χ2v) is 3.68. The molecule has 2 heterocycles. The lowest BCUT2D eigenvalue weighted by Crippen LogP contribution is -2.24. The number of nitrogens with zero attached hydrogens (tertiary/aromatic N) is 3. The number of carbonyl (C=O) groups excluding carboxylic acids is 1. The van der Waals surface area contributed by atoms with Gasteiger partial charge in [0.05, 0.1) is 18.6 Å². The number of aromatic amines is 1. The van der Waals surface area contributed by atoms with E-state index in [4.69, 9.17) is 10.9 Å². The zero-order valence-electron chi connectivity index (χ0n) is 9.87. The minimum atomic E-state index is -0.319. The first kappa shape index (κ1) is 12.6. The van der Waals surface area contributed by atoms with Crippen LogP contribution in [-0.4, -0.2) is 31.9 Å². The highest BCUT2D eigenvalue weighted by atomic mass is 16.4. The topological polar surface area (TPSA) is 129 Å². The van der Waals surface area contributed by atoms with Gasteiger partial charge in [-0.25, -0.2) is 4.98 Å². The van der Waals surface area contributed by atoms with E-state index in [1.807, 2.05) is 0 Å². The Morgan fingerprint density at radius 1 is 1.47 bits per heavy atom. The number of H-pyrrole nitrogens is 1. The molecule has 0 aromatic carbocycles. The second kappa shape index (κ2) is 5.63. The van der Waals surface area contributed by atoms with E-state index in [0.717, 1.165) is 5.69 Å². The Bertz CT molecular complexity index is 576. The highest BCUT2D eigenvalue weighted by molar-refractivity contribution is 5.98. The molecular formula is C11H12N6O2. The zero-order valence-corrected chi connectivity index (χ0v) is 9.87. The van der Waals surface area contributed by atoms with Crippen molar-refractivity contribution in [2.45, 2.75) is 6.54 Å². The number of oxime groups is 1. The molecule has 0 radical (unpaired) electrons. The number of aromatic nitrogens is 3. The Balaban J connectivity index is 1.99. The number of hydrogen-bond acceptors (Lipinski definition) is 5. The Labute approximate surface area is 108 Å². The number of hydrogen-bond donors (Lipinski definition) is 4. The van der Waals surface area contributed by atoms with Gasteiger partial charge in [0.15, 0.2) is 5.84 Å². The SMILES string of the molecule is NC(=NO)c1ccc(C(=O)NCc2cnc[nH]2)nc1. The quantitative estimate of drug-likeness (QED) is 0.262. The minimum Gasteiger partial charge on any atom is -0.409 e. The van der Waals surface area contributed by atoms with Crippen LogP contribution in [0.15, 0.2) is 36.0 Å². The molecule has 0 aliphatic carbocycles. The van der Waals surface area contributed by atoms with Gasteiger partial charge in [-0.15, -0.1) is 0 Å². The molecule has 98 valence electrons. The maximum Gasteiger partial charge on any atom is 0.270 e. The summed E-state index contributed by atoms with van der Waals surface area (Å²) in [6.07, 6.45) is 4.51. The van der Waals surface area contributed by atoms with E-state index >= 15 is 0 Å². The maximum absolute atomic E-state index is 11.8. The van der Waals surface area contributed by atoms with Crippen LogP contribution in [0, 0.1) is 0 Å². The summed E-state index contributed by atoms with van der Waals surface area (Å²) < 4.78 is 0. The molecule has 0 aliphatic rings. The number of nitrogens with two attached hydrogens (primary N) is 1. The number of pyridine rings is 1. The third-order valence-electron chi connectivity index (χ3n) is 2.39. The first-order valence-corrected chi connectivity index (χ1v) is 5.40. The lowest BCUT2D eigenvalue weighted by molar-refractivity contribution is 0.0945. The molecule has 0 saturated carbocycles. The van der Waals surface area contributed by atoms with Gasteiger partial charge in [0, 0.05) is 18.0 Å². The number of nitrogens with one attached hydrogen (secondary N) is 2. The number of amidine groups is 1. The first-order valence-electron chi connectivity index (χ1n) is 5.40. The molecule has 19 heavy (non-hydrogen) atoms. The van der Waals surface area contributed by atoms with Crippen molar-refractivity contribution in [1.29, 1.82) is 0 Å². The lowest BCUT2D eigenvalue weighted by Gasteiger charge is -2.03. The van der Waals surface area contributed by atoms with Crippen molar-refractivity contribution in [3.05, 3.63) is 47.8 Å². The highest BCUT2D eigenvalue weighted by Crippen LogP contribution is 2.01. The van der Waals surface area contributed by atoms with E-state index in [1.54, 1.807) is 12.3 Å². The Morgan fingerprint density at radius 3 is 2.89 bits per heavy atom. The fourth-order valence-corrected chi connectivity index (χ4v) is 1.38.